The van der Waals surface area contributed by atoms with Gasteiger partial charge in [-0.15, -0.1) is 0 Å². The van der Waals surface area contributed by atoms with Crippen LogP contribution in [-0.4, -0.2) is 33.3 Å². The van der Waals surface area contributed by atoms with E-state index in [-0.39, 0.29) is 5.41 Å². The van der Waals surface area contributed by atoms with Crippen LogP contribution in [0, 0.1) is 0 Å². The number of rotatable bonds is 2. The zero-order chi connectivity index (χ0) is 12.4. The number of hydrogen-bond donors (Lipinski definition) is 1. The third-order valence-corrected chi connectivity index (χ3v) is 3.68. The highest BCUT2D eigenvalue weighted by Gasteiger charge is 2.34. The molecular formula is C13H17N5. The van der Waals surface area contributed by atoms with Crippen LogP contribution in [0.25, 0.3) is 0 Å². The summed E-state index contributed by atoms with van der Waals surface area (Å²) in [5, 5.41) is 7.17. The molecule has 0 bridgehead atoms. The summed E-state index contributed by atoms with van der Waals surface area (Å²) < 4.78 is 0. The van der Waals surface area contributed by atoms with Gasteiger partial charge in [-0.1, -0.05) is 6.92 Å². The number of nitrogens with zero attached hydrogens (tertiary/aromatic N) is 4. The predicted octanol–water partition coefficient (Wildman–Crippen LogP) is 1.76. The zero-order valence-electron chi connectivity index (χ0n) is 10.5. The molecule has 0 aromatic carbocycles. The van der Waals surface area contributed by atoms with Gasteiger partial charge >= 0.3 is 0 Å². The van der Waals surface area contributed by atoms with E-state index in [1.54, 1.807) is 12.4 Å². The fourth-order valence-electron chi connectivity index (χ4n) is 2.68. The molecule has 2 aromatic rings. The van der Waals surface area contributed by atoms with Crippen LogP contribution >= 0.6 is 0 Å². The quantitative estimate of drug-likeness (QED) is 0.873. The molecule has 1 atom stereocenters. The fourth-order valence-corrected chi connectivity index (χ4v) is 2.68. The maximum atomic E-state index is 4.34. The summed E-state index contributed by atoms with van der Waals surface area (Å²) in [5.41, 5.74) is 1.30. The second kappa shape index (κ2) is 4.40. The van der Waals surface area contributed by atoms with Crippen LogP contribution in [0.15, 0.2) is 30.7 Å². The molecule has 1 fully saturated rings. The first kappa shape index (κ1) is 11.2. The Bertz CT molecular complexity index is 495. The first-order valence-corrected chi connectivity index (χ1v) is 6.30. The number of anilines is 1. The van der Waals surface area contributed by atoms with Crippen molar-refractivity contribution in [2.24, 2.45) is 0 Å². The molecule has 0 unspecified atom stereocenters. The van der Waals surface area contributed by atoms with E-state index in [0.29, 0.717) is 0 Å². The van der Waals surface area contributed by atoms with Gasteiger partial charge in [-0.2, -0.15) is 5.10 Å². The highest BCUT2D eigenvalue weighted by atomic mass is 15.3. The minimum Gasteiger partial charge on any atom is -0.340 e. The van der Waals surface area contributed by atoms with Gasteiger partial charge in [-0.3, -0.25) is 5.10 Å². The SMILES string of the molecule is C[C@]1(c2ccn[nH]2)CCCN(c2ncccn2)C1. The van der Waals surface area contributed by atoms with E-state index < -0.39 is 0 Å². The summed E-state index contributed by atoms with van der Waals surface area (Å²) in [6.07, 6.45) is 7.72. The number of hydrogen-bond acceptors (Lipinski definition) is 4. The van der Waals surface area contributed by atoms with Crippen molar-refractivity contribution >= 4 is 5.95 Å². The van der Waals surface area contributed by atoms with Crippen LogP contribution in [0.1, 0.15) is 25.5 Å². The highest BCUT2D eigenvalue weighted by molar-refractivity contribution is 5.33. The Morgan fingerprint density at radius 2 is 2.11 bits per heavy atom. The normalized spacial score (nSPS) is 24.2. The van der Waals surface area contributed by atoms with Crippen LogP contribution in [0.2, 0.25) is 0 Å². The molecule has 5 nitrogen and oxygen atoms in total. The number of H-pyrrole nitrogens is 1. The van der Waals surface area contributed by atoms with E-state index in [9.17, 15) is 0 Å². The molecule has 3 rings (SSSR count). The average Bonchev–Trinajstić information content (AvgIpc) is 2.95. The van der Waals surface area contributed by atoms with Gasteiger partial charge in [-0.25, -0.2) is 9.97 Å². The second-order valence-corrected chi connectivity index (χ2v) is 5.10. The van der Waals surface area contributed by atoms with Gasteiger partial charge in [0.1, 0.15) is 0 Å². The maximum absolute atomic E-state index is 4.34. The standard InChI is InChI=1S/C13H17N5/c1-13(11-4-8-16-17-11)5-2-9-18(10-13)12-14-6-3-7-15-12/h3-4,6-8H,2,5,9-10H2,1H3,(H,16,17)/t13-/m0/s1. The lowest BCUT2D eigenvalue weighted by Crippen LogP contribution is -2.45. The van der Waals surface area contributed by atoms with Gasteiger partial charge in [0.15, 0.2) is 0 Å². The Balaban J connectivity index is 1.84. The lowest BCUT2D eigenvalue weighted by molar-refractivity contribution is 0.361. The van der Waals surface area contributed by atoms with E-state index in [2.05, 4.69) is 38.1 Å². The molecule has 1 aliphatic rings. The second-order valence-electron chi connectivity index (χ2n) is 5.10. The van der Waals surface area contributed by atoms with Gasteiger partial charge in [-0.05, 0) is 25.0 Å². The first-order chi connectivity index (χ1) is 8.78. The lowest BCUT2D eigenvalue weighted by atomic mass is 9.79. The van der Waals surface area contributed by atoms with Crippen molar-refractivity contribution in [3.05, 3.63) is 36.4 Å². The van der Waals surface area contributed by atoms with Gasteiger partial charge in [0.2, 0.25) is 5.95 Å². The lowest BCUT2D eigenvalue weighted by Gasteiger charge is -2.39. The molecule has 1 aliphatic heterocycles. The largest absolute Gasteiger partial charge is 0.340 e. The van der Waals surface area contributed by atoms with Crippen molar-refractivity contribution in [1.82, 2.24) is 20.2 Å². The number of nitrogens with one attached hydrogen (secondary N) is 1. The molecule has 1 N–H and O–H groups in total. The Morgan fingerprint density at radius 1 is 1.28 bits per heavy atom. The van der Waals surface area contributed by atoms with Gasteiger partial charge in [0.25, 0.3) is 0 Å². The van der Waals surface area contributed by atoms with Crippen molar-refractivity contribution in [2.45, 2.75) is 25.2 Å². The van der Waals surface area contributed by atoms with Gasteiger partial charge in [0, 0.05) is 42.8 Å². The van der Waals surface area contributed by atoms with Crippen LogP contribution in [-0.2, 0) is 5.41 Å². The summed E-state index contributed by atoms with van der Waals surface area (Å²) in [6.45, 7) is 4.22. The summed E-state index contributed by atoms with van der Waals surface area (Å²) >= 11 is 0. The van der Waals surface area contributed by atoms with Crippen molar-refractivity contribution in [3.63, 3.8) is 0 Å². The molecular weight excluding hydrogens is 226 g/mol. The summed E-state index contributed by atoms with van der Waals surface area (Å²) in [7, 11) is 0. The molecule has 2 aromatic heterocycles. The minimum atomic E-state index is 0.105. The van der Waals surface area contributed by atoms with Crippen LogP contribution < -0.4 is 4.90 Å². The van der Waals surface area contributed by atoms with E-state index in [0.717, 1.165) is 25.5 Å². The monoisotopic (exact) mass is 243 g/mol. The summed E-state index contributed by atoms with van der Waals surface area (Å²) in [5.74, 6) is 0.822. The van der Waals surface area contributed by atoms with Crippen LogP contribution in [0.3, 0.4) is 0 Å². The molecule has 0 spiro atoms. The molecule has 1 saturated heterocycles. The molecule has 5 heteroatoms. The maximum Gasteiger partial charge on any atom is 0.225 e. The Labute approximate surface area is 106 Å². The van der Waals surface area contributed by atoms with E-state index >= 15 is 0 Å². The number of piperidine rings is 1. The number of aromatic amines is 1. The van der Waals surface area contributed by atoms with Crippen LogP contribution in [0.5, 0.6) is 0 Å². The molecule has 94 valence electrons. The van der Waals surface area contributed by atoms with Crippen LogP contribution in [0.4, 0.5) is 5.95 Å². The Kier molecular flexibility index (Phi) is 2.74. The molecule has 3 heterocycles. The van der Waals surface area contributed by atoms with E-state index in [1.807, 2.05) is 12.3 Å². The summed E-state index contributed by atoms with van der Waals surface area (Å²) in [4.78, 5) is 10.9. The molecule has 0 saturated carbocycles. The van der Waals surface area contributed by atoms with Crippen molar-refractivity contribution in [1.29, 1.82) is 0 Å². The van der Waals surface area contributed by atoms with Crippen molar-refractivity contribution < 1.29 is 0 Å². The smallest absolute Gasteiger partial charge is 0.225 e. The third-order valence-electron chi connectivity index (χ3n) is 3.68. The topological polar surface area (TPSA) is 57.7 Å². The average molecular weight is 243 g/mol. The zero-order valence-corrected chi connectivity index (χ0v) is 10.5. The van der Waals surface area contributed by atoms with Gasteiger partial charge in [0.05, 0.1) is 0 Å². The van der Waals surface area contributed by atoms with E-state index in [1.165, 1.54) is 12.1 Å². The molecule has 0 radical (unpaired) electrons. The van der Waals surface area contributed by atoms with Gasteiger partial charge < -0.3 is 4.90 Å². The molecule has 18 heavy (non-hydrogen) atoms. The molecule has 0 aliphatic carbocycles. The first-order valence-electron chi connectivity index (χ1n) is 6.30. The Hall–Kier alpha value is -1.91. The third kappa shape index (κ3) is 1.96. The minimum absolute atomic E-state index is 0.105. The highest BCUT2D eigenvalue weighted by Crippen LogP contribution is 2.33. The number of aromatic nitrogens is 4. The predicted molar refractivity (Wildman–Crippen MR) is 69.4 cm³/mol. The van der Waals surface area contributed by atoms with E-state index in [4.69, 9.17) is 0 Å². The molecule has 0 amide bonds. The summed E-state index contributed by atoms with van der Waals surface area (Å²) in [6, 6.07) is 3.91. The fraction of sp³-hybridized carbons (Fsp3) is 0.462. The Morgan fingerprint density at radius 3 is 2.83 bits per heavy atom. The van der Waals surface area contributed by atoms with Crippen molar-refractivity contribution in [2.75, 3.05) is 18.0 Å². The van der Waals surface area contributed by atoms with Crippen molar-refractivity contribution in [3.8, 4) is 0 Å².